The third-order valence-corrected chi connectivity index (χ3v) is 8.48. The highest BCUT2D eigenvalue weighted by Crippen LogP contribution is 2.64. The zero-order chi connectivity index (χ0) is 12.5. The summed E-state index contributed by atoms with van der Waals surface area (Å²) >= 11 is 3.45. The minimum atomic E-state index is 0.138. The van der Waals surface area contributed by atoms with Gasteiger partial charge < -0.3 is 4.98 Å². The zero-order valence-corrected chi connectivity index (χ0v) is 12.5. The van der Waals surface area contributed by atoms with Gasteiger partial charge in [0.2, 0.25) is 0 Å². The third-order valence-electron chi connectivity index (χ3n) is 5.70. The maximum Gasteiger partial charge on any atom is 0.305 e. The van der Waals surface area contributed by atoms with Crippen LogP contribution in [0.3, 0.4) is 0 Å². The summed E-state index contributed by atoms with van der Waals surface area (Å²) < 4.78 is 0. The highest BCUT2D eigenvalue weighted by atomic mass is 32.2. The lowest BCUT2D eigenvalue weighted by Crippen LogP contribution is -2.44. The fraction of sp³-hybridized carbons (Fsp3) is 0.786. The average Bonchev–Trinajstić information content (AvgIpc) is 3.02. The number of H-pyrrole nitrogens is 1. The van der Waals surface area contributed by atoms with Gasteiger partial charge >= 0.3 is 4.87 Å². The van der Waals surface area contributed by atoms with E-state index in [1.807, 2.05) is 11.8 Å². The molecule has 0 saturated heterocycles. The molecular formula is C14H19NOS2. The van der Waals surface area contributed by atoms with E-state index in [4.69, 9.17) is 0 Å². The van der Waals surface area contributed by atoms with Crippen LogP contribution in [0.2, 0.25) is 0 Å². The quantitative estimate of drug-likeness (QED) is 0.852. The predicted octanol–water partition coefficient (Wildman–Crippen LogP) is 3.62. The number of hydrogen-bond donors (Lipinski definition) is 1. The second-order valence-corrected chi connectivity index (χ2v) is 8.56. The summed E-state index contributed by atoms with van der Waals surface area (Å²) in [4.78, 5) is 16.3. The largest absolute Gasteiger partial charge is 0.307 e. The highest BCUT2D eigenvalue weighted by Gasteiger charge is 2.58. The summed E-state index contributed by atoms with van der Waals surface area (Å²) in [6, 6.07) is 0. The first-order chi connectivity index (χ1) is 8.63. The Hall–Kier alpha value is -0.220. The van der Waals surface area contributed by atoms with Gasteiger partial charge in [0.25, 0.3) is 0 Å². The van der Waals surface area contributed by atoms with Crippen molar-refractivity contribution in [1.29, 1.82) is 0 Å². The molecule has 3 aliphatic rings. The van der Waals surface area contributed by atoms with Gasteiger partial charge in [0.15, 0.2) is 0 Å². The van der Waals surface area contributed by atoms with E-state index >= 15 is 0 Å². The molecule has 0 unspecified atom stereocenters. The van der Waals surface area contributed by atoms with E-state index in [-0.39, 0.29) is 10.3 Å². The molecule has 1 aromatic rings. The zero-order valence-electron chi connectivity index (χ0n) is 10.9. The second-order valence-electron chi connectivity index (χ2n) is 6.39. The maximum absolute atomic E-state index is 11.7. The van der Waals surface area contributed by atoms with Crippen LogP contribution < -0.4 is 4.87 Å². The van der Waals surface area contributed by atoms with Crippen LogP contribution in [-0.2, 0) is 5.41 Å². The summed E-state index contributed by atoms with van der Waals surface area (Å²) in [5, 5.41) is 1.97. The molecule has 2 heterocycles. The number of aromatic nitrogens is 1. The van der Waals surface area contributed by atoms with E-state index in [2.05, 4.69) is 18.8 Å². The molecule has 1 aliphatic heterocycles. The van der Waals surface area contributed by atoms with Gasteiger partial charge in [0.05, 0.1) is 5.03 Å². The lowest BCUT2D eigenvalue weighted by atomic mass is 9.66. The smallest absolute Gasteiger partial charge is 0.305 e. The second kappa shape index (κ2) is 3.66. The van der Waals surface area contributed by atoms with Crippen molar-refractivity contribution in [3.05, 3.63) is 14.5 Å². The van der Waals surface area contributed by atoms with E-state index in [1.54, 1.807) is 0 Å². The first-order valence-corrected chi connectivity index (χ1v) is 8.73. The van der Waals surface area contributed by atoms with E-state index in [0.29, 0.717) is 0 Å². The van der Waals surface area contributed by atoms with Crippen molar-refractivity contribution >= 4 is 23.1 Å². The van der Waals surface area contributed by atoms with Crippen molar-refractivity contribution < 1.29 is 0 Å². The summed E-state index contributed by atoms with van der Waals surface area (Å²) in [5.41, 5.74) is 0.245. The maximum atomic E-state index is 11.7. The number of aromatic amines is 1. The van der Waals surface area contributed by atoms with Crippen LogP contribution in [0, 0.1) is 17.8 Å². The van der Waals surface area contributed by atoms with Crippen molar-refractivity contribution in [2.45, 2.75) is 55.2 Å². The van der Waals surface area contributed by atoms with Gasteiger partial charge in [-0.1, -0.05) is 25.2 Å². The standard InChI is InChI=1S/C14H19NOS2/c1-3-14(2)9-7-4-5-8(6-7)10(9)17-12-11(14)18-13(16)15-12/h7-10H,3-6H2,1-2H3,(H,15,16)/t7-,8-,9-,10-,14-/m1/s1. The molecule has 98 valence electrons. The summed E-state index contributed by atoms with van der Waals surface area (Å²) in [5.74, 6) is 2.64. The lowest BCUT2D eigenvalue weighted by Gasteiger charge is -2.46. The van der Waals surface area contributed by atoms with E-state index in [0.717, 1.165) is 23.0 Å². The molecule has 5 atom stereocenters. The van der Waals surface area contributed by atoms with Crippen molar-refractivity contribution in [2.75, 3.05) is 0 Å². The van der Waals surface area contributed by atoms with Crippen LogP contribution in [0.4, 0.5) is 0 Å². The third kappa shape index (κ3) is 1.29. The van der Waals surface area contributed by atoms with Crippen molar-refractivity contribution in [3.8, 4) is 0 Å². The molecular weight excluding hydrogens is 262 g/mol. The molecule has 0 radical (unpaired) electrons. The fourth-order valence-corrected chi connectivity index (χ4v) is 7.95. The summed E-state index contributed by atoms with van der Waals surface area (Å²) in [7, 11) is 0. The molecule has 2 bridgehead atoms. The van der Waals surface area contributed by atoms with Crippen LogP contribution in [0.5, 0.6) is 0 Å². The molecule has 18 heavy (non-hydrogen) atoms. The Morgan fingerprint density at radius 3 is 2.94 bits per heavy atom. The Balaban J connectivity index is 1.89. The van der Waals surface area contributed by atoms with Gasteiger partial charge in [-0.15, -0.1) is 11.8 Å². The Kier molecular flexibility index (Phi) is 2.36. The SMILES string of the molecule is CC[C@@]1(C)c2sc(=O)[nH]c2S[C@@H]2[C@@H]3CC[C@H](C3)[C@H]21. The van der Waals surface area contributed by atoms with Crippen LogP contribution in [-0.4, -0.2) is 10.2 Å². The Morgan fingerprint density at radius 1 is 1.39 bits per heavy atom. The van der Waals surface area contributed by atoms with Crippen molar-refractivity contribution in [3.63, 3.8) is 0 Å². The van der Waals surface area contributed by atoms with E-state index in [9.17, 15) is 4.79 Å². The van der Waals surface area contributed by atoms with Crippen LogP contribution in [0.1, 0.15) is 44.4 Å². The molecule has 0 aromatic carbocycles. The monoisotopic (exact) mass is 281 g/mol. The molecule has 2 saturated carbocycles. The number of fused-ring (bicyclic) bond motifs is 6. The molecule has 1 aromatic heterocycles. The molecule has 0 spiro atoms. The Labute approximate surface area is 116 Å². The van der Waals surface area contributed by atoms with Gasteiger partial charge in [0, 0.05) is 15.5 Å². The normalized spacial score (nSPS) is 45.0. The molecule has 4 rings (SSSR count). The van der Waals surface area contributed by atoms with Gasteiger partial charge in [0.1, 0.15) is 0 Å². The topological polar surface area (TPSA) is 32.9 Å². The van der Waals surface area contributed by atoms with Gasteiger partial charge in [-0.05, 0) is 43.4 Å². The van der Waals surface area contributed by atoms with Gasteiger partial charge in [-0.2, -0.15) is 0 Å². The summed E-state index contributed by atoms with van der Waals surface area (Å²) in [6.07, 6.45) is 5.45. The first-order valence-electron chi connectivity index (χ1n) is 7.03. The Bertz CT molecular complexity index is 548. The highest BCUT2D eigenvalue weighted by molar-refractivity contribution is 8.00. The minimum Gasteiger partial charge on any atom is -0.307 e. The number of hydrogen-bond acceptors (Lipinski definition) is 3. The number of thiazole rings is 1. The summed E-state index contributed by atoms with van der Waals surface area (Å²) in [6.45, 7) is 4.71. The molecule has 1 N–H and O–H groups in total. The fourth-order valence-electron chi connectivity index (χ4n) is 4.75. The van der Waals surface area contributed by atoms with Crippen LogP contribution in [0.15, 0.2) is 9.82 Å². The molecule has 0 amide bonds. The van der Waals surface area contributed by atoms with Gasteiger partial charge in [-0.25, -0.2) is 0 Å². The lowest BCUT2D eigenvalue weighted by molar-refractivity contribution is 0.195. The van der Waals surface area contributed by atoms with Gasteiger partial charge in [-0.3, -0.25) is 4.79 Å². The number of rotatable bonds is 1. The number of thioether (sulfide) groups is 1. The van der Waals surface area contributed by atoms with Crippen LogP contribution >= 0.6 is 23.1 Å². The minimum absolute atomic E-state index is 0.138. The average molecular weight is 281 g/mol. The van der Waals surface area contributed by atoms with E-state index in [1.165, 1.54) is 46.9 Å². The van der Waals surface area contributed by atoms with Crippen molar-refractivity contribution in [2.24, 2.45) is 17.8 Å². The van der Waals surface area contributed by atoms with Crippen molar-refractivity contribution in [1.82, 2.24) is 4.98 Å². The number of nitrogens with one attached hydrogen (secondary N) is 1. The molecule has 2 aliphatic carbocycles. The first kappa shape index (κ1) is 11.6. The Morgan fingerprint density at radius 2 is 2.17 bits per heavy atom. The molecule has 2 fully saturated rings. The molecule has 2 nitrogen and oxygen atoms in total. The predicted molar refractivity (Wildman–Crippen MR) is 76.5 cm³/mol. The molecule has 4 heteroatoms. The van der Waals surface area contributed by atoms with Crippen LogP contribution in [0.25, 0.3) is 0 Å². The van der Waals surface area contributed by atoms with E-state index < -0.39 is 0 Å².